The summed E-state index contributed by atoms with van der Waals surface area (Å²) in [6.07, 6.45) is 0.944. The van der Waals surface area contributed by atoms with Gasteiger partial charge in [-0.1, -0.05) is 14.4 Å². The Morgan fingerprint density at radius 3 is 1.00 bits per heavy atom. The van der Waals surface area contributed by atoms with Crippen molar-refractivity contribution in [2.75, 3.05) is 0 Å². The molecule has 0 atom stereocenters. The smallest absolute Gasteiger partial charge is 0.331 e. The first-order valence-corrected chi connectivity index (χ1v) is 10.0. The number of hydroxylamine groups is 6. The molecule has 0 aromatic heterocycles. The second-order valence-electron chi connectivity index (χ2n) is 6.73. The summed E-state index contributed by atoms with van der Waals surface area (Å²) in [4.78, 5) is 109. The van der Waals surface area contributed by atoms with Crippen molar-refractivity contribution in [2.45, 2.75) is 73.1 Å². The highest BCUT2D eigenvalue weighted by atomic mass is 16.7. The minimum absolute atomic E-state index is 0. The molecule has 0 unspecified atom stereocenters. The third-order valence-corrected chi connectivity index (χ3v) is 3.94. The van der Waals surface area contributed by atoms with E-state index in [0.29, 0.717) is 15.2 Å². The van der Waals surface area contributed by atoms with Crippen molar-refractivity contribution in [3.8, 4) is 0 Å². The van der Waals surface area contributed by atoms with Gasteiger partial charge in [-0.25, -0.2) is 14.4 Å². The zero-order valence-electron chi connectivity index (χ0n) is 18.7. The fourth-order valence-electron chi connectivity index (χ4n) is 2.40. The second-order valence-corrected chi connectivity index (χ2v) is 6.73. The van der Waals surface area contributed by atoms with Crippen LogP contribution < -0.4 is 0 Å². The van der Waals surface area contributed by atoms with Gasteiger partial charge in [0.05, 0.1) is 0 Å². The molecule has 3 saturated heterocycles. The Kier molecular flexibility index (Phi) is 12.5. The molecule has 194 valence electrons. The van der Waals surface area contributed by atoms with E-state index in [9.17, 15) is 43.2 Å². The molecule has 3 heterocycles. The lowest BCUT2D eigenvalue weighted by Gasteiger charge is -2.10. The van der Waals surface area contributed by atoms with E-state index in [1.54, 1.807) is 6.92 Å². The van der Waals surface area contributed by atoms with Gasteiger partial charge in [-0.3, -0.25) is 28.8 Å². The summed E-state index contributed by atoms with van der Waals surface area (Å²) < 4.78 is 0. The molecule has 3 fully saturated rings. The van der Waals surface area contributed by atoms with Crippen LogP contribution in [0.4, 0.5) is 0 Å². The molecular formula is C20H27N3O12. The molecule has 0 N–H and O–H groups in total. The number of carbonyl (C=O) groups is 9. The van der Waals surface area contributed by atoms with Crippen LogP contribution in [0, 0.1) is 0 Å². The summed E-state index contributed by atoms with van der Waals surface area (Å²) in [6, 6.07) is 0. The summed E-state index contributed by atoms with van der Waals surface area (Å²) in [5.74, 6) is -4.59. The van der Waals surface area contributed by atoms with Crippen molar-refractivity contribution in [3.05, 3.63) is 0 Å². The van der Waals surface area contributed by atoms with E-state index in [0.717, 1.165) is 13.8 Å². The van der Waals surface area contributed by atoms with Gasteiger partial charge >= 0.3 is 17.9 Å². The Balaban J connectivity index is 0.000000489. The first-order valence-electron chi connectivity index (χ1n) is 10.0. The number of nitrogens with zero attached hydrogens (tertiary/aromatic N) is 3. The molecule has 3 aliphatic heterocycles. The molecule has 0 saturated carbocycles. The van der Waals surface area contributed by atoms with Crippen molar-refractivity contribution >= 4 is 53.4 Å². The SMILES string of the molecule is C.CC(=O)ON1C(=O)CCC1=O.CC(=O)ON1C(=O)CCC1=O.CCC(=O)ON1C(=O)CCC1=O. The molecule has 15 nitrogen and oxygen atoms in total. The minimum atomic E-state index is -0.659. The summed E-state index contributed by atoms with van der Waals surface area (Å²) in [5.41, 5.74) is 0. The van der Waals surface area contributed by atoms with Gasteiger partial charge in [-0.2, -0.15) is 0 Å². The van der Waals surface area contributed by atoms with E-state index in [1.165, 1.54) is 0 Å². The number of carbonyl (C=O) groups excluding carboxylic acids is 9. The van der Waals surface area contributed by atoms with E-state index < -0.39 is 53.4 Å². The van der Waals surface area contributed by atoms with Gasteiger partial charge in [0.2, 0.25) is 0 Å². The van der Waals surface area contributed by atoms with Crippen molar-refractivity contribution in [2.24, 2.45) is 0 Å². The zero-order chi connectivity index (χ0) is 26.0. The molecule has 0 aromatic rings. The van der Waals surface area contributed by atoms with Crippen molar-refractivity contribution < 1.29 is 57.7 Å². The highest BCUT2D eigenvalue weighted by molar-refractivity contribution is 6.02. The molecule has 6 amide bonds. The number of rotatable bonds is 4. The standard InChI is InChI=1S/C7H9NO4.2C6H7NO4.CH4/c1-2-7(11)12-8-5(9)3-4-6(8)10;2*1-4(8)11-7-5(9)2-3-6(7)10;/h2-4H2,1H3;2*2-3H2,1H3;1H4. The maximum atomic E-state index is 10.9. The van der Waals surface area contributed by atoms with Crippen molar-refractivity contribution in [1.82, 2.24) is 15.2 Å². The molecule has 0 radical (unpaired) electrons. The van der Waals surface area contributed by atoms with Gasteiger partial charge in [-0.05, 0) is 0 Å². The molecule has 3 rings (SSSR count). The predicted octanol–water partition coefficient (Wildman–Crippen LogP) is -0.133. The molecule has 0 aromatic carbocycles. The maximum Gasteiger partial charge on any atom is 0.332 e. The Bertz CT molecular complexity index is 817. The summed E-state index contributed by atoms with van der Waals surface area (Å²) in [7, 11) is 0. The van der Waals surface area contributed by atoms with Crippen LogP contribution >= 0.6 is 0 Å². The van der Waals surface area contributed by atoms with E-state index >= 15 is 0 Å². The summed E-state index contributed by atoms with van der Waals surface area (Å²) >= 11 is 0. The lowest BCUT2D eigenvalue weighted by molar-refractivity contribution is -0.197. The van der Waals surface area contributed by atoms with E-state index in [-0.39, 0.29) is 52.4 Å². The van der Waals surface area contributed by atoms with E-state index in [1.807, 2.05) is 0 Å². The topological polar surface area (TPSA) is 191 Å². The van der Waals surface area contributed by atoms with Gasteiger partial charge in [0.25, 0.3) is 35.4 Å². The summed E-state index contributed by atoms with van der Waals surface area (Å²) in [5, 5.41) is 1.58. The first-order chi connectivity index (χ1) is 15.9. The van der Waals surface area contributed by atoms with Crippen molar-refractivity contribution in [3.63, 3.8) is 0 Å². The Labute approximate surface area is 200 Å². The third-order valence-electron chi connectivity index (χ3n) is 3.94. The van der Waals surface area contributed by atoms with E-state index in [2.05, 4.69) is 14.5 Å². The number of hydrogen-bond donors (Lipinski definition) is 0. The Morgan fingerprint density at radius 1 is 0.571 bits per heavy atom. The molecule has 3 aliphatic rings. The van der Waals surface area contributed by atoms with Crippen LogP contribution in [0.25, 0.3) is 0 Å². The third kappa shape index (κ3) is 9.69. The number of hydrogen-bond acceptors (Lipinski definition) is 12. The van der Waals surface area contributed by atoms with E-state index in [4.69, 9.17) is 0 Å². The monoisotopic (exact) mass is 501 g/mol. The average molecular weight is 501 g/mol. The van der Waals surface area contributed by atoms with Crippen LogP contribution in [0.3, 0.4) is 0 Å². The number of imide groups is 3. The van der Waals surface area contributed by atoms with Gasteiger partial charge < -0.3 is 14.5 Å². The number of amides is 6. The van der Waals surface area contributed by atoms with Gasteiger partial charge in [-0.15, -0.1) is 15.2 Å². The molecule has 35 heavy (non-hydrogen) atoms. The van der Waals surface area contributed by atoms with Crippen LogP contribution in [-0.4, -0.2) is 68.5 Å². The molecule has 0 aliphatic carbocycles. The highest BCUT2D eigenvalue weighted by Gasteiger charge is 2.33. The molecule has 0 bridgehead atoms. The van der Waals surface area contributed by atoms with Gasteiger partial charge in [0.1, 0.15) is 0 Å². The molecule has 15 heteroatoms. The lowest BCUT2D eigenvalue weighted by atomic mass is 10.4. The molecular weight excluding hydrogens is 474 g/mol. The fourth-order valence-corrected chi connectivity index (χ4v) is 2.40. The van der Waals surface area contributed by atoms with Crippen molar-refractivity contribution in [1.29, 1.82) is 0 Å². The van der Waals surface area contributed by atoms with Crippen LogP contribution in [0.5, 0.6) is 0 Å². The average Bonchev–Trinajstić information content (AvgIpc) is 3.37. The Morgan fingerprint density at radius 2 is 0.800 bits per heavy atom. The lowest BCUT2D eigenvalue weighted by Crippen LogP contribution is -2.31. The maximum absolute atomic E-state index is 10.9. The second kappa shape index (κ2) is 14.2. The first kappa shape index (κ1) is 30.8. The van der Waals surface area contributed by atoms with Crippen LogP contribution in [0.1, 0.15) is 73.1 Å². The zero-order valence-corrected chi connectivity index (χ0v) is 18.7. The Hall–Kier alpha value is -4.17. The van der Waals surface area contributed by atoms with Crippen LogP contribution in [0.15, 0.2) is 0 Å². The predicted molar refractivity (Wildman–Crippen MR) is 110 cm³/mol. The normalized spacial score (nSPS) is 16.7. The largest absolute Gasteiger partial charge is 0.332 e. The van der Waals surface area contributed by atoms with Crippen LogP contribution in [-0.2, 0) is 57.7 Å². The quantitative estimate of drug-likeness (QED) is 0.464. The highest BCUT2D eigenvalue weighted by Crippen LogP contribution is 2.13. The van der Waals surface area contributed by atoms with Crippen LogP contribution in [0.2, 0.25) is 0 Å². The molecule has 0 spiro atoms. The summed E-state index contributed by atoms with van der Waals surface area (Å²) in [6.45, 7) is 3.87. The minimum Gasteiger partial charge on any atom is -0.331 e. The fraction of sp³-hybridized carbons (Fsp3) is 0.550. The van der Waals surface area contributed by atoms with Gasteiger partial charge in [0.15, 0.2) is 0 Å². The van der Waals surface area contributed by atoms with Gasteiger partial charge in [0, 0.05) is 58.8 Å².